The Morgan fingerprint density at radius 3 is 2.62 bits per heavy atom. The van der Waals surface area contributed by atoms with Crippen molar-refractivity contribution in [2.75, 3.05) is 53.0 Å². The molecule has 1 heterocycles. The summed E-state index contributed by atoms with van der Waals surface area (Å²) in [7, 11) is -1.78. The van der Waals surface area contributed by atoms with E-state index in [4.69, 9.17) is 16.3 Å². The summed E-state index contributed by atoms with van der Waals surface area (Å²) >= 11 is 6.13. The van der Waals surface area contributed by atoms with Crippen molar-refractivity contribution in [2.24, 2.45) is 0 Å². The summed E-state index contributed by atoms with van der Waals surface area (Å²) in [4.78, 5) is 14.3. The van der Waals surface area contributed by atoms with Crippen LogP contribution in [0.3, 0.4) is 0 Å². The van der Waals surface area contributed by atoms with Crippen molar-refractivity contribution >= 4 is 27.5 Å². The second-order valence-electron chi connectivity index (χ2n) is 6.16. The minimum absolute atomic E-state index is 0.0225. The maximum Gasteiger partial charge on any atom is 0.251 e. The standard InChI is InChI=1S/C17H26ClN3O4S/c1-3-25-12-4-7-19-17(22)14-5-6-15(18)16(13-14)26(23,24)21-10-8-20(2)9-11-21/h5-6,13H,3-4,7-12H2,1-2H3,(H,19,22). The van der Waals surface area contributed by atoms with E-state index in [2.05, 4.69) is 10.2 Å². The average Bonchev–Trinajstić information content (AvgIpc) is 2.62. The molecule has 1 saturated heterocycles. The van der Waals surface area contributed by atoms with Crippen molar-refractivity contribution in [3.05, 3.63) is 28.8 Å². The van der Waals surface area contributed by atoms with E-state index in [1.54, 1.807) is 0 Å². The Kier molecular flexibility index (Phi) is 7.85. The molecule has 0 radical (unpaired) electrons. The molecule has 146 valence electrons. The van der Waals surface area contributed by atoms with Crippen LogP contribution in [0, 0.1) is 0 Å². The van der Waals surface area contributed by atoms with Gasteiger partial charge in [0.2, 0.25) is 10.0 Å². The molecule has 0 atom stereocenters. The van der Waals surface area contributed by atoms with Crippen molar-refractivity contribution in [1.29, 1.82) is 0 Å². The van der Waals surface area contributed by atoms with Gasteiger partial charge in [0.25, 0.3) is 5.91 Å². The number of ether oxygens (including phenoxy) is 1. The van der Waals surface area contributed by atoms with Crippen LogP contribution in [0.25, 0.3) is 0 Å². The lowest BCUT2D eigenvalue weighted by atomic mass is 10.2. The summed E-state index contributed by atoms with van der Waals surface area (Å²) in [5, 5.41) is 2.89. The van der Waals surface area contributed by atoms with Gasteiger partial charge in [0.05, 0.1) is 5.02 Å². The number of piperazine rings is 1. The van der Waals surface area contributed by atoms with Crippen molar-refractivity contribution in [3.63, 3.8) is 0 Å². The lowest BCUT2D eigenvalue weighted by molar-refractivity contribution is 0.0944. The zero-order chi connectivity index (χ0) is 19.2. The number of carbonyl (C=O) groups is 1. The molecule has 1 aliphatic rings. The first-order valence-electron chi connectivity index (χ1n) is 8.70. The van der Waals surface area contributed by atoms with Gasteiger partial charge in [0.1, 0.15) is 4.90 Å². The van der Waals surface area contributed by atoms with E-state index in [9.17, 15) is 13.2 Å². The number of hydrogen-bond donors (Lipinski definition) is 1. The number of halogens is 1. The molecule has 0 aliphatic carbocycles. The predicted octanol–water partition coefficient (Wildman–Crippen LogP) is 1.43. The van der Waals surface area contributed by atoms with Crippen LogP contribution in [-0.2, 0) is 14.8 Å². The summed E-state index contributed by atoms with van der Waals surface area (Å²) in [6, 6.07) is 4.34. The molecule has 1 aromatic carbocycles. The van der Waals surface area contributed by atoms with E-state index in [-0.39, 0.29) is 21.4 Å². The molecule has 2 rings (SSSR count). The van der Waals surface area contributed by atoms with Crippen molar-refractivity contribution in [1.82, 2.24) is 14.5 Å². The molecule has 9 heteroatoms. The van der Waals surface area contributed by atoms with Gasteiger partial charge in [-0.1, -0.05) is 11.6 Å². The highest BCUT2D eigenvalue weighted by Crippen LogP contribution is 2.26. The second kappa shape index (κ2) is 9.66. The van der Waals surface area contributed by atoms with Gasteiger partial charge in [-0.15, -0.1) is 0 Å². The number of hydrogen-bond acceptors (Lipinski definition) is 5. The van der Waals surface area contributed by atoms with Gasteiger partial charge >= 0.3 is 0 Å². The van der Waals surface area contributed by atoms with Gasteiger partial charge in [0.15, 0.2) is 0 Å². The van der Waals surface area contributed by atoms with E-state index < -0.39 is 10.0 Å². The smallest absolute Gasteiger partial charge is 0.251 e. The third kappa shape index (κ3) is 5.40. The quantitative estimate of drug-likeness (QED) is 0.664. The lowest BCUT2D eigenvalue weighted by Gasteiger charge is -2.31. The number of likely N-dealkylation sites (N-methyl/N-ethyl adjacent to an activating group) is 1. The number of nitrogens with zero attached hydrogens (tertiary/aromatic N) is 2. The number of sulfonamides is 1. The minimum Gasteiger partial charge on any atom is -0.382 e. The maximum atomic E-state index is 12.9. The number of carbonyl (C=O) groups excluding carboxylic acids is 1. The summed E-state index contributed by atoms with van der Waals surface area (Å²) in [5.74, 6) is -0.326. The Morgan fingerprint density at radius 1 is 1.27 bits per heavy atom. The van der Waals surface area contributed by atoms with Crippen LogP contribution in [0.2, 0.25) is 5.02 Å². The fraction of sp³-hybridized carbons (Fsp3) is 0.588. The van der Waals surface area contributed by atoms with E-state index in [1.807, 2.05) is 14.0 Å². The van der Waals surface area contributed by atoms with Gasteiger partial charge in [-0.05, 0) is 38.6 Å². The Morgan fingerprint density at radius 2 is 1.96 bits per heavy atom. The van der Waals surface area contributed by atoms with Crippen LogP contribution in [0.15, 0.2) is 23.1 Å². The van der Waals surface area contributed by atoms with E-state index in [1.165, 1.54) is 22.5 Å². The summed E-state index contributed by atoms with van der Waals surface area (Å²) < 4.78 is 32.4. The number of amides is 1. The monoisotopic (exact) mass is 403 g/mol. The maximum absolute atomic E-state index is 12.9. The Labute approximate surface area is 160 Å². The van der Waals surface area contributed by atoms with Crippen LogP contribution in [0.5, 0.6) is 0 Å². The zero-order valence-corrected chi connectivity index (χ0v) is 16.8. The molecule has 1 aliphatic heterocycles. The van der Waals surface area contributed by atoms with Crippen molar-refractivity contribution < 1.29 is 17.9 Å². The largest absolute Gasteiger partial charge is 0.382 e. The van der Waals surface area contributed by atoms with Crippen LogP contribution in [0.1, 0.15) is 23.7 Å². The molecule has 0 saturated carbocycles. The second-order valence-corrected chi connectivity index (χ2v) is 8.47. The molecule has 1 amide bonds. The Hall–Kier alpha value is -1.19. The first-order chi connectivity index (χ1) is 12.4. The highest BCUT2D eigenvalue weighted by atomic mass is 35.5. The summed E-state index contributed by atoms with van der Waals surface area (Å²) in [6.45, 7) is 5.72. The molecule has 0 bridgehead atoms. The Bertz CT molecular complexity index is 719. The highest BCUT2D eigenvalue weighted by Gasteiger charge is 2.29. The first-order valence-corrected chi connectivity index (χ1v) is 10.5. The third-order valence-electron chi connectivity index (χ3n) is 4.23. The normalized spacial score (nSPS) is 16.6. The van der Waals surface area contributed by atoms with Gasteiger partial charge in [0, 0.05) is 51.5 Å². The van der Waals surface area contributed by atoms with E-state index in [0.717, 1.165) is 0 Å². The zero-order valence-electron chi connectivity index (χ0n) is 15.2. The number of nitrogens with one attached hydrogen (secondary N) is 1. The summed E-state index contributed by atoms with van der Waals surface area (Å²) in [5.41, 5.74) is 0.276. The van der Waals surface area contributed by atoms with Crippen LogP contribution >= 0.6 is 11.6 Å². The van der Waals surface area contributed by atoms with Crippen LogP contribution in [-0.4, -0.2) is 76.5 Å². The fourth-order valence-electron chi connectivity index (χ4n) is 2.63. The van der Waals surface area contributed by atoms with Gasteiger partial charge in [-0.25, -0.2) is 8.42 Å². The third-order valence-corrected chi connectivity index (χ3v) is 6.61. The minimum atomic E-state index is -3.73. The van der Waals surface area contributed by atoms with Gasteiger partial charge < -0.3 is 15.0 Å². The van der Waals surface area contributed by atoms with Crippen LogP contribution in [0.4, 0.5) is 0 Å². The van der Waals surface area contributed by atoms with Gasteiger partial charge in [-0.3, -0.25) is 4.79 Å². The molecule has 7 nitrogen and oxygen atoms in total. The van der Waals surface area contributed by atoms with E-state index >= 15 is 0 Å². The van der Waals surface area contributed by atoms with Gasteiger partial charge in [-0.2, -0.15) is 4.31 Å². The topological polar surface area (TPSA) is 78.9 Å². The molecular weight excluding hydrogens is 378 g/mol. The Balaban J connectivity index is 2.10. The molecule has 1 fully saturated rings. The molecular formula is C17H26ClN3O4S. The van der Waals surface area contributed by atoms with Crippen molar-refractivity contribution in [2.45, 2.75) is 18.2 Å². The summed E-state index contributed by atoms with van der Waals surface area (Å²) in [6.07, 6.45) is 0.694. The average molecular weight is 404 g/mol. The van der Waals surface area contributed by atoms with Crippen LogP contribution < -0.4 is 5.32 Å². The molecule has 1 aromatic rings. The first kappa shape index (κ1) is 21.1. The predicted molar refractivity (Wildman–Crippen MR) is 101 cm³/mol. The van der Waals surface area contributed by atoms with Crippen molar-refractivity contribution in [3.8, 4) is 0 Å². The molecule has 0 aromatic heterocycles. The number of rotatable bonds is 8. The molecule has 26 heavy (non-hydrogen) atoms. The molecule has 0 unspecified atom stereocenters. The lowest BCUT2D eigenvalue weighted by Crippen LogP contribution is -2.47. The molecule has 0 spiro atoms. The van der Waals surface area contributed by atoms with E-state index in [0.29, 0.717) is 52.4 Å². The molecule has 1 N–H and O–H groups in total. The SMILES string of the molecule is CCOCCCNC(=O)c1ccc(Cl)c(S(=O)(=O)N2CCN(C)CC2)c1. The fourth-order valence-corrected chi connectivity index (χ4v) is 4.55. The highest BCUT2D eigenvalue weighted by molar-refractivity contribution is 7.89. The number of benzene rings is 1.